The molecule has 3 aromatic rings. The highest BCUT2D eigenvalue weighted by atomic mass is 19.4. The van der Waals surface area contributed by atoms with Crippen LogP contribution < -0.4 is 10.1 Å². The van der Waals surface area contributed by atoms with Gasteiger partial charge in [0, 0.05) is 6.54 Å². The Balaban J connectivity index is 1.66. The molecule has 0 atom stereocenters. The number of aryl methyl sites for hydroxylation is 2. The summed E-state index contributed by atoms with van der Waals surface area (Å²) < 4.78 is 43.9. The van der Waals surface area contributed by atoms with E-state index in [2.05, 4.69) is 10.4 Å². The first-order valence-electron chi connectivity index (χ1n) is 10.4. The van der Waals surface area contributed by atoms with Crippen LogP contribution in [0.2, 0.25) is 0 Å². The van der Waals surface area contributed by atoms with Gasteiger partial charge in [-0.05, 0) is 49.7 Å². The van der Waals surface area contributed by atoms with Crippen LogP contribution in [-0.4, -0.2) is 47.0 Å². The fourth-order valence-electron chi connectivity index (χ4n) is 3.61. The third-order valence-corrected chi connectivity index (χ3v) is 4.91. The molecule has 0 radical (unpaired) electrons. The van der Waals surface area contributed by atoms with Gasteiger partial charge in [-0.25, -0.2) is 4.68 Å². The third-order valence-electron chi connectivity index (χ3n) is 4.91. The van der Waals surface area contributed by atoms with E-state index in [0.717, 1.165) is 5.56 Å². The fourth-order valence-corrected chi connectivity index (χ4v) is 3.61. The average Bonchev–Trinajstić information content (AvgIpc) is 3.15. The molecule has 178 valence electrons. The summed E-state index contributed by atoms with van der Waals surface area (Å²) in [6, 6.07) is 14.6. The molecule has 0 aliphatic rings. The third kappa shape index (κ3) is 6.36. The number of nitrogens with one attached hydrogen (secondary N) is 1. The summed E-state index contributed by atoms with van der Waals surface area (Å²) in [6.07, 6.45) is -3.02. The molecule has 2 aromatic carbocycles. The normalized spacial score (nSPS) is 11.4. The number of amides is 1. The summed E-state index contributed by atoms with van der Waals surface area (Å²) in [5, 5.41) is 16.3. The standard InChI is InChI=1S/C24H24F3N5O2/c1-16-9-18(10-17(2)22(16)34-15-24(25,26)27)13-31(3)14-21(33)30-23-19(11-28)12-29-32(23)20-7-5-4-6-8-20/h4-10,12H,13-15H2,1-3H3,(H,30,33). The molecule has 0 saturated carbocycles. The Morgan fingerprint density at radius 2 is 1.85 bits per heavy atom. The lowest BCUT2D eigenvalue weighted by molar-refractivity contribution is -0.153. The van der Waals surface area contributed by atoms with E-state index in [1.165, 1.54) is 10.9 Å². The molecule has 0 unspecified atom stereocenters. The lowest BCUT2D eigenvalue weighted by Gasteiger charge is -2.19. The van der Waals surface area contributed by atoms with Crippen LogP contribution in [0.1, 0.15) is 22.3 Å². The molecule has 1 aromatic heterocycles. The number of para-hydroxylation sites is 1. The zero-order valence-electron chi connectivity index (χ0n) is 19.0. The molecule has 10 heteroatoms. The van der Waals surface area contributed by atoms with Crippen LogP contribution in [0.25, 0.3) is 5.69 Å². The van der Waals surface area contributed by atoms with E-state index in [9.17, 15) is 23.2 Å². The van der Waals surface area contributed by atoms with Gasteiger partial charge in [-0.3, -0.25) is 9.69 Å². The van der Waals surface area contributed by atoms with Crippen LogP contribution in [0.4, 0.5) is 19.0 Å². The second-order valence-electron chi connectivity index (χ2n) is 7.95. The monoisotopic (exact) mass is 471 g/mol. The number of hydrogen-bond donors (Lipinski definition) is 1. The first-order valence-corrected chi connectivity index (χ1v) is 10.4. The number of aromatic nitrogens is 2. The molecular formula is C24H24F3N5O2. The van der Waals surface area contributed by atoms with Crippen molar-refractivity contribution < 1.29 is 22.7 Å². The number of halogens is 3. The molecule has 7 nitrogen and oxygen atoms in total. The Kier molecular flexibility index (Phi) is 7.58. The predicted molar refractivity (Wildman–Crippen MR) is 121 cm³/mol. The van der Waals surface area contributed by atoms with Gasteiger partial charge in [-0.1, -0.05) is 30.3 Å². The maximum atomic E-state index is 12.7. The summed E-state index contributed by atoms with van der Waals surface area (Å²) in [5.74, 6) is 0.153. The van der Waals surface area contributed by atoms with Gasteiger partial charge < -0.3 is 10.1 Å². The molecule has 3 rings (SSSR count). The maximum Gasteiger partial charge on any atom is 0.422 e. The zero-order chi connectivity index (χ0) is 24.9. The second-order valence-corrected chi connectivity index (χ2v) is 7.95. The Bertz CT molecular complexity index is 1180. The van der Waals surface area contributed by atoms with Crippen molar-refractivity contribution in [2.24, 2.45) is 0 Å². The smallest absolute Gasteiger partial charge is 0.422 e. The Hall–Kier alpha value is -3.84. The van der Waals surface area contributed by atoms with Gasteiger partial charge in [0.2, 0.25) is 5.91 Å². The topological polar surface area (TPSA) is 83.2 Å². The summed E-state index contributed by atoms with van der Waals surface area (Å²) >= 11 is 0. The van der Waals surface area contributed by atoms with Gasteiger partial charge in [0.15, 0.2) is 12.4 Å². The van der Waals surface area contributed by atoms with Crippen LogP contribution in [0.3, 0.4) is 0 Å². The molecule has 0 aliphatic heterocycles. The van der Waals surface area contributed by atoms with Crippen molar-refractivity contribution in [1.29, 1.82) is 5.26 Å². The van der Waals surface area contributed by atoms with Crippen molar-refractivity contribution in [2.75, 3.05) is 25.5 Å². The number of alkyl halides is 3. The lowest BCUT2D eigenvalue weighted by Crippen LogP contribution is -2.30. The average molecular weight is 471 g/mol. The number of rotatable bonds is 8. The summed E-state index contributed by atoms with van der Waals surface area (Å²) in [7, 11) is 1.75. The molecule has 0 aliphatic carbocycles. The van der Waals surface area contributed by atoms with Crippen LogP contribution in [0, 0.1) is 25.2 Å². The van der Waals surface area contributed by atoms with E-state index in [4.69, 9.17) is 4.74 Å². The predicted octanol–water partition coefficient (Wildman–Crippen LogP) is 4.37. The molecule has 1 heterocycles. The molecule has 1 N–H and O–H groups in total. The van der Waals surface area contributed by atoms with Crippen molar-refractivity contribution in [1.82, 2.24) is 14.7 Å². The molecule has 0 saturated heterocycles. The second kappa shape index (κ2) is 10.4. The maximum absolute atomic E-state index is 12.7. The molecule has 34 heavy (non-hydrogen) atoms. The number of nitriles is 1. The van der Waals surface area contributed by atoms with E-state index in [-0.39, 0.29) is 29.6 Å². The minimum atomic E-state index is -4.41. The van der Waals surface area contributed by atoms with Gasteiger partial charge in [0.1, 0.15) is 17.4 Å². The molecule has 0 spiro atoms. The zero-order valence-corrected chi connectivity index (χ0v) is 19.0. The lowest BCUT2D eigenvalue weighted by atomic mass is 10.1. The van der Waals surface area contributed by atoms with E-state index in [0.29, 0.717) is 23.4 Å². The number of ether oxygens (including phenoxy) is 1. The highest BCUT2D eigenvalue weighted by Gasteiger charge is 2.29. The summed E-state index contributed by atoms with van der Waals surface area (Å²) in [6.45, 7) is 2.43. The highest BCUT2D eigenvalue weighted by molar-refractivity contribution is 5.92. The van der Waals surface area contributed by atoms with Crippen LogP contribution in [0.15, 0.2) is 48.7 Å². The van der Waals surface area contributed by atoms with Gasteiger partial charge in [-0.15, -0.1) is 0 Å². The van der Waals surface area contributed by atoms with E-state index >= 15 is 0 Å². The number of nitrogens with zero attached hydrogens (tertiary/aromatic N) is 4. The van der Waals surface area contributed by atoms with Crippen LogP contribution in [0.5, 0.6) is 5.75 Å². The van der Waals surface area contributed by atoms with Gasteiger partial charge in [-0.2, -0.15) is 23.5 Å². The van der Waals surface area contributed by atoms with Gasteiger partial charge in [0.25, 0.3) is 0 Å². The van der Waals surface area contributed by atoms with Gasteiger partial charge in [0.05, 0.1) is 18.4 Å². The number of likely N-dealkylation sites (N-methyl/N-ethyl adjacent to an activating group) is 1. The SMILES string of the molecule is Cc1cc(CN(C)CC(=O)Nc2c(C#N)cnn2-c2ccccc2)cc(C)c1OCC(F)(F)F. The van der Waals surface area contributed by atoms with E-state index < -0.39 is 12.8 Å². The number of carbonyl (C=O) groups excluding carboxylic acids is 1. The number of carbonyl (C=O) groups is 1. The van der Waals surface area contributed by atoms with Gasteiger partial charge >= 0.3 is 6.18 Å². The number of hydrogen-bond acceptors (Lipinski definition) is 5. The van der Waals surface area contributed by atoms with Crippen molar-refractivity contribution >= 4 is 11.7 Å². The van der Waals surface area contributed by atoms with Crippen molar-refractivity contribution in [2.45, 2.75) is 26.6 Å². The van der Waals surface area contributed by atoms with Crippen molar-refractivity contribution in [3.63, 3.8) is 0 Å². The van der Waals surface area contributed by atoms with Crippen LogP contribution in [-0.2, 0) is 11.3 Å². The minimum Gasteiger partial charge on any atom is -0.484 e. The number of benzene rings is 2. The fraction of sp³-hybridized carbons (Fsp3) is 0.292. The number of anilines is 1. The van der Waals surface area contributed by atoms with Crippen molar-refractivity contribution in [3.8, 4) is 17.5 Å². The Morgan fingerprint density at radius 1 is 1.21 bits per heavy atom. The molecular weight excluding hydrogens is 447 g/mol. The van der Waals surface area contributed by atoms with E-state index in [1.807, 2.05) is 36.4 Å². The van der Waals surface area contributed by atoms with Crippen LogP contribution >= 0.6 is 0 Å². The Labute approximate surface area is 195 Å². The first kappa shape index (κ1) is 24.8. The quantitative estimate of drug-likeness (QED) is 0.528. The minimum absolute atomic E-state index is 0.0231. The van der Waals surface area contributed by atoms with Crippen molar-refractivity contribution in [3.05, 3.63) is 70.9 Å². The molecule has 0 fully saturated rings. The summed E-state index contributed by atoms with van der Waals surface area (Å²) in [5.41, 5.74) is 2.94. The molecule has 1 amide bonds. The largest absolute Gasteiger partial charge is 0.484 e. The molecule has 0 bridgehead atoms. The highest BCUT2D eigenvalue weighted by Crippen LogP contribution is 2.27. The summed E-state index contributed by atoms with van der Waals surface area (Å²) in [4.78, 5) is 14.5. The Morgan fingerprint density at radius 3 is 2.44 bits per heavy atom. The first-order chi connectivity index (χ1) is 16.1. The van der Waals surface area contributed by atoms with E-state index in [1.54, 1.807) is 37.9 Å².